The second-order valence-electron chi connectivity index (χ2n) is 2.97. The standard InChI is InChI=1S/C11H12N2O3.Na.H/c1-16-11(15)7-6-10(14)13-9-4-2-8(12)3-5-9;;/h2-7H,12H2,1H3,(H,13,14);;/q;+1;-1. The van der Waals surface area contributed by atoms with E-state index in [1.165, 1.54) is 7.11 Å². The molecule has 17 heavy (non-hydrogen) atoms. The molecule has 0 saturated carbocycles. The minimum Gasteiger partial charge on any atom is -1.00 e. The van der Waals surface area contributed by atoms with Crippen LogP contribution in [0.5, 0.6) is 0 Å². The van der Waals surface area contributed by atoms with E-state index in [-0.39, 0.29) is 31.0 Å². The van der Waals surface area contributed by atoms with E-state index in [1.54, 1.807) is 24.3 Å². The number of carbonyl (C=O) groups is 2. The van der Waals surface area contributed by atoms with E-state index in [4.69, 9.17) is 5.73 Å². The molecule has 5 nitrogen and oxygen atoms in total. The summed E-state index contributed by atoms with van der Waals surface area (Å²) in [6, 6.07) is 6.66. The number of hydrogen-bond donors (Lipinski definition) is 2. The third kappa shape index (κ3) is 6.11. The van der Waals surface area contributed by atoms with Crippen LogP contribution in [-0.2, 0) is 14.3 Å². The smallest absolute Gasteiger partial charge is 1.00 e. The van der Waals surface area contributed by atoms with Crippen LogP contribution in [0.2, 0.25) is 0 Å². The van der Waals surface area contributed by atoms with E-state index in [0.29, 0.717) is 11.4 Å². The van der Waals surface area contributed by atoms with Gasteiger partial charge < -0.3 is 17.2 Å². The normalized spacial score (nSPS) is 9.47. The maximum Gasteiger partial charge on any atom is 1.00 e. The first-order chi connectivity index (χ1) is 7.61. The van der Waals surface area contributed by atoms with E-state index in [9.17, 15) is 9.59 Å². The van der Waals surface area contributed by atoms with Crippen molar-refractivity contribution in [2.75, 3.05) is 18.2 Å². The second kappa shape index (κ2) is 7.89. The maximum atomic E-state index is 11.3. The number of amides is 1. The number of esters is 1. The van der Waals surface area contributed by atoms with Gasteiger partial charge >= 0.3 is 35.5 Å². The molecule has 1 aromatic rings. The third-order valence-corrected chi connectivity index (χ3v) is 1.75. The molecule has 1 amide bonds. The Morgan fingerprint density at radius 1 is 1.29 bits per heavy atom. The second-order valence-corrected chi connectivity index (χ2v) is 2.97. The molecule has 86 valence electrons. The van der Waals surface area contributed by atoms with Crippen LogP contribution in [0.25, 0.3) is 0 Å². The summed E-state index contributed by atoms with van der Waals surface area (Å²) in [6.07, 6.45) is 2.15. The molecule has 0 aliphatic rings. The first-order valence-corrected chi connectivity index (χ1v) is 4.54. The third-order valence-electron chi connectivity index (χ3n) is 1.75. The molecule has 1 rings (SSSR count). The number of ether oxygens (including phenoxy) is 1. The average Bonchev–Trinajstić information content (AvgIpc) is 2.29. The molecule has 0 fully saturated rings. The fourth-order valence-corrected chi connectivity index (χ4v) is 0.962. The van der Waals surface area contributed by atoms with Crippen molar-refractivity contribution in [2.24, 2.45) is 0 Å². The molecule has 0 heterocycles. The van der Waals surface area contributed by atoms with Crippen LogP contribution in [0.1, 0.15) is 1.43 Å². The summed E-state index contributed by atoms with van der Waals surface area (Å²) < 4.78 is 4.34. The topological polar surface area (TPSA) is 81.4 Å². The van der Waals surface area contributed by atoms with E-state index < -0.39 is 11.9 Å². The van der Waals surface area contributed by atoms with Gasteiger partial charge in [-0.05, 0) is 24.3 Å². The first-order valence-electron chi connectivity index (χ1n) is 4.54. The van der Waals surface area contributed by atoms with Gasteiger partial charge in [0.05, 0.1) is 7.11 Å². The molecular weight excluding hydrogens is 231 g/mol. The zero-order valence-electron chi connectivity index (χ0n) is 10.8. The minimum atomic E-state index is -0.576. The fraction of sp³-hybridized carbons (Fsp3) is 0.0909. The Morgan fingerprint density at radius 3 is 2.41 bits per heavy atom. The molecule has 6 heteroatoms. The molecule has 0 aliphatic heterocycles. The van der Waals surface area contributed by atoms with Crippen molar-refractivity contribution in [3.63, 3.8) is 0 Å². The molecule has 0 aromatic heterocycles. The van der Waals surface area contributed by atoms with Gasteiger partial charge in [-0.3, -0.25) is 4.79 Å². The SMILES string of the molecule is COC(=O)C=CC(=O)Nc1ccc(N)cc1.[H-].[Na+]. The number of benzene rings is 1. The predicted octanol–water partition coefficient (Wildman–Crippen LogP) is -1.95. The van der Waals surface area contributed by atoms with Gasteiger partial charge in [0, 0.05) is 23.5 Å². The maximum absolute atomic E-state index is 11.3. The zero-order chi connectivity index (χ0) is 12.0. The van der Waals surface area contributed by atoms with Crippen molar-refractivity contribution in [3.8, 4) is 0 Å². The average molecular weight is 244 g/mol. The van der Waals surface area contributed by atoms with E-state index in [0.717, 1.165) is 12.2 Å². The summed E-state index contributed by atoms with van der Waals surface area (Å²) in [5.41, 5.74) is 6.71. The quantitative estimate of drug-likeness (QED) is 0.280. The molecule has 3 N–H and O–H groups in total. The van der Waals surface area contributed by atoms with Crippen molar-refractivity contribution in [2.45, 2.75) is 0 Å². The molecule has 0 bridgehead atoms. The molecule has 0 saturated heterocycles. The number of nitrogens with one attached hydrogen (secondary N) is 1. The van der Waals surface area contributed by atoms with E-state index in [2.05, 4.69) is 10.1 Å². The van der Waals surface area contributed by atoms with E-state index >= 15 is 0 Å². The Morgan fingerprint density at radius 2 is 1.88 bits per heavy atom. The molecule has 0 aliphatic carbocycles. The van der Waals surface area contributed by atoms with Gasteiger partial charge in [-0.2, -0.15) is 0 Å². The van der Waals surface area contributed by atoms with Crippen LogP contribution in [0.3, 0.4) is 0 Å². The molecule has 0 radical (unpaired) electrons. The van der Waals surface area contributed by atoms with Crippen molar-refractivity contribution in [3.05, 3.63) is 36.4 Å². The van der Waals surface area contributed by atoms with Crippen molar-refractivity contribution in [1.82, 2.24) is 0 Å². The van der Waals surface area contributed by atoms with Gasteiger partial charge in [0.1, 0.15) is 0 Å². The largest absolute Gasteiger partial charge is 1.00 e. The number of hydrogen-bond acceptors (Lipinski definition) is 4. The van der Waals surface area contributed by atoms with Crippen molar-refractivity contribution >= 4 is 23.3 Å². The van der Waals surface area contributed by atoms with Crippen LogP contribution in [0.4, 0.5) is 11.4 Å². The summed E-state index contributed by atoms with van der Waals surface area (Å²) in [5, 5.41) is 2.56. The van der Waals surface area contributed by atoms with Gasteiger partial charge in [0.15, 0.2) is 0 Å². The van der Waals surface area contributed by atoms with Crippen molar-refractivity contribution in [1.29, 1.82) is 0 Å². The number of nitrogens with two attached hydrogens (primary N) is 1. The number of nitrogen functional groups attached to an aromatic ring is 1. The fourth-order valence-electron chi connectivity index (χ4n) is 0.962. The number of methoxy groups -OCH3 is 1. The Kier molecular flexibility index (Phi) is 7.29. The minimum absolute atomic E-state index is 0. The van der Waals surface area contributed by atoms with Crippen LogP contribution >= 0.6 is 0 Å². The van der Waals surface area contributed by atoms with Crippen LogP contribution in [-0.4, -0.2) is 19.0 Å². The number of carbonyl (C=O) groups excluding carboxylic acids is 2. The Hall–Kier alpha value is -1.30. The van der Waals surface area contributed by atoms with Gasteiger partial charge in [-0.25, -0.2) is 4.79 Å². The van der Waals surface area contributed by atoms with Crippen LogP contribution < -0.4 is 40.6 Å². The monoisotopic (exact) mass is 244 g/mol. The molecule has 0 spiro atoms. The summed E-state index contributed by atoms with van der Waals surface area (Å²) in [7, 11) is 1.24. The summed E-state index contributed by atoms with van der Waals surface area (Å²) >= 11 is 0. The Bertz CT molecular complexity index is 421. The van der Waals surface area contributed by atoms with Gasteiger partial charge in [-0.1, -0.05) is 0 Å². The Balaban J connectivity index is 0. The van der Waals surface area contributed by atoms with Gasteiger partial charge in [0.25, 0.3) is 0 Å². The molecular formula is C11H13N2NaO3. The Labute approximate surface area is 123 Å². The predicted molar refractivity (Wildman–Crippen MR) is 61.8 cm³/mol. The number of anilines is 2. The first kappa shape index (κ1) is 15.7. The van der Waals surface area contributed by atoms with Crippen molar-refractivity contribution < 1.29 is 45.3 Å². The van der Waals surface area contributed by atoms with Crippen LogP contribution in [0, 0.1) is 0 Å². The molecule has 0 unspecified atom stereocenters. The molecule has 0 atom stereocenters. The zero-order valence-corrected chi connectivity index (χ0v) is 11.8. The summed E-state index contributed by atoms with van der Waals surface area (Å²) in [5.74, 6) is -0.984. The van der Waals surface area contributed by atoms with E-state index in [1.807, 2.05) is 0 Å². The van der Waals surface area contributed by atoms with Gasteiger partial charge in [0.2, 0.25) is 5.91 Å². The van der Waals surface area contributed by atoms with Crippen LogP contribution in [0.15, 0.2) is 36.4 Å². The summed E-state index contributed by atoms with van der Waals surface area (Å²) in [6.45, 7) is 0. The van der Waals surface area contributed by atoms with Gasteiger partial charge in [-0.15, -0.1) is 0 Å². The summed E-state index contributed by atoms with van der Waals surface area (Å²) in [4.78, 5) is 22.0. The molecule has 1 aromatic carbocycles. The number of rotatable bonds is 3.